The maximum Gasteiger partial charge on any atom is 0.410 e. The summed E-state index contributed by atoms with van der Waals surface area (Å²) in [6.07, 6.45) is 1.56. The van der Waals surface area contributed by atoms with Crippen LogP contribution in [0.15, 0.2) is 12.3 Å². The molecule has 8 heteroatoms. The number of Topliss-reactive ketones (excluding diaryl/α,β-unsaturated/α-hetero) is 1. The Bertz CT molecular complexity index is 884. The second kappa shape index (κ2) is 9.37. The lowest BCUT2D eigenvalue weighted by molar-refractivity contribution is -0.123. The topological polar surface area (TPSA) is 78.0 Å². The number of amides is 1. The molecule has 2 heterocycles. The predicted molar refractivity (Wildman–Crippen MR) is 132 cm³/mol. The molecule has 1 aromatic rings. The zero-order valence-corrected chi connectivity index (χ0v) is 23.3. The molecule has 33 heavy (non-hydrogen) atoms. The summed E-state index contributed by atoms with van der Waals surface area (Å²) in [5.74, 6) is 0.109. The van der Waals surface area contributed by atoms with E-state index in [1.54, 1.807) is 18.2 Å². The molecule has 1 aliphatic heterocycles. The molecule has 1 saturated heterocycles. The molecule has 0 radical (unpaired) electrons. The van der Waals surface area contributed by atoms with Crippen LogP contribution < -0.4 is 4.74 Å². The Morgan fingerprint density at radius 2 is 1.73 bits per heavy atom. The van der Waals surface area contributed by atoms with E-state index in [-0.39, 0.29) is 23.8 Å². The van der Waals surface area contributed by atoms with E-state index in [1.807, 2.05) is 40.7 Å². The fourth-order valence-corrected chi connectivity index (χ4v) is 5.41. The Morgan fingerprint density at radius 3 is 2.24 bits per heavy atom. The maximum atomic E-state index is 12.9. The zero-order chi connectivity index (χ0) is 25.4. The van der Waals surface area contributed by atoms with Crippen molar-refractivity contribution >= 4 is 20.2 Å². The predicted octanol–water partition coefficient (Wildman–Crippen LogP) is 5.64. The molecule has 0 spiro atoms. The number of rotatable bonds is 5. The van der Waals surface area contributed by atoms with Crippen LogP contribution >= 0.6 is 0 Å². The number of carbonyl (C=O) groups excluding carboxylic acids is 2. The summed E-state index contributed by atoms with van der Waals surface area (Å²) >= 11 is 0. The Labute approximate surface area is 200 Å². The quantitative estimate of drug-likeness (QED) is 0.510. The molecule has 1 atom stereocenters. The van der Waals surface area contributed by atoms with Gasteiger partial charge in [0.05, 0.1) is 18.6 Å². The van der Waals surface area contributed by atoms with Crippen molar-refractivity contribution in [3.63, 3.8) is 0 Å². The third kappa shape index (κ3) is 6.56. The fourth-order valence-electron chi connectivity index (χ4n) is 3.72. The van der Waals surface area contributed by atoms with Crippen molar-refractivity contribution in [3.8, 4) is 5.88 Å². The summed E-state index contributed by atoms with van der Waals surface area (Å²) in [6, 6.07) is 1.96. The first-order valence-electron chi connectivity index (χ1n) is 11.6. The van der Waals surface area contributed by atoms with Gasteiger partial charge in [-0.2, -0.15) is 0 Å². The van der Waals surface area contributed by atoms with Gasteiger partial charge in [0.15, 0.2) is 8.32 Å². The first-order chi connectivity index (χ1) is 14.9. The van der Waals surface area contributed by atoms with Gasteiger partial charge in [-0.15, -0.1) is 0 Å². The summed E-state index contributed by atoms with van der Waals surface area (Å²) in [6.45, 7) is 21.2. The summed E-state index contributed by atoms with van der Waals surface area (Å²) in [5.41, 5.74) is 0.305. The van der Waals surface area contributed by atoms with Crippen LogP contribution in [0.3, 0.4) is 0 Å². The standard InChI is InChI=1S/C25H42N2O5Si/c1-23(2,3)31-22(29)27-13-12-20(28)18(16-27)17-14-19(21(30-9)26-15-17)25(7,8)32-33(10,11)24(4,5)6/h14-15,18H,12-13,16H2,1-11H3/t18-/m1/s1. The summed E-state index contributed by atoms with van der Waals surface area (Å²) in [4.78, 5) is 31.6. The van der Waals surface area contributed by atoms with Crippen LogP contribution in [0.25, 0.3) is 0 Å². The number of pyridine rings is 1. The molecule has 1 aromatic heterocycles. The molecule has 1 fully saturated rings. The number of ketones is 1. The number of methoxy groups -OCH3 is 1. The van der Waals surface area contributed by atoms with E-state index >= 15 is 0 Å². The van der Waals surface area contributed by atoms with E-state index in [2.05, 4.69) is 38.8 Å². The fraction of sp³-hybridized carbons (Fsp3) is 0.720. The Hall–Kier alpha value is -1.93. The van der Waals surface area contributed by atoms with Gasteiger partial charge < -0.3 is 18.8 Å². The van der Waals surface area contributed by atoms with Crippen molar-refractivity contribution in [2.75, 3.05) is 20.2 Å². The van der Waals surface area contributed by atoms with Gasteiger partial charge in [-0.25, -0.2) is 9.78 Å². The van der Waals surface area contributed by atoms with Gasteiger partial charge in [0, 0.05) is 31.3 Å². The van der Waals surface area contributed by atoms with Crippen LogP contribution in [0, 0.1) is 0 Å². The van der Waals surface area contributed by atoms with Gasteiger partial charge in [0.2, 0.25) is 5.88 Å². The zero-order valence-electron chi connectivity index (χ0n) is 22.3. The van der Waals surface area contributed by atoms with Crippen molar-refractivity contribution < 1.29 is 23.5 Å². The van der Waals surface area contributed by atoms with Crippen molar-refractivity contribution in [3.05, 3.63) is 23.4 Å². The Morgan fingerprint density at radius 1 is 1.12 bits per heavy atom. The van der Waals surface area contributed by atoms with E-state index in [1.165, 1.54) is 0 Å². The van der Waals surface area contributed by atoms with E-state index in [0.717, 1.165) is 11.1 Å². The Balaban J connectivity index is 2.39. The SMILES string of the molecule is COc1ncc([C@H]2CN(C(=O)OC(C)(C)C)CCC2=O)cc1C(C)(C)O[Si](C)(C)C(C)(C)C. The molecule has 1 aliphatic rings. The van der Waals surface area contributed by atoms with E-state index in [9.17, 15) is 9.59 Å². The van der Waals surface area contributed by atoms with Crippen LogP contribution in [0.1, 0.15) is 78.9 Å². The summed E-state index contributed by atoms with van der Waals surface area (Å²) in [7, 11) is -0.510. The van der Waals surface area contributed by atoms with Gasteiger partial charge in [-0.3, -0.25) is 4.79 Å². The molecular formula is C25H42N2O5Si. The molecule has 0 N–H and O–H groups in total. The third-order valence-electron chi connectivity index (χ3n) is 6.50. The largest absolute Gasteiger partial charge is 0.481 e. The maximum absolute atomic E-state index is 12.9. The second-order valence-corrected chi connectivity index (χ2v) is 16.6. The molecule has 0 aromatic carbocycles. The highest BCUT2D eigenvalue weighted by Crippen LogP contribution is 2.43. The monoisotopic (exact) mass is 478 g/mol. The van der Waals surface area contributed by atoms with Crippen LogP contribution in [0.4, 0.5) is 4.79 Å². The van der Waals surface area contributed by atoms with Crippen LogP contribution in [-0.4, -0.2) is 55.9 Å². The second-order valence-electron chi connectivity index (χ2n) is 11.9. The van der Waals surface area contributed by atoms with Crippen LogP contribution in [0.2, 0.25) is 18.1 Å². The van der Waals surface area contributed by atoms with Crippen LogP contribution in [-0.2, 0) is 19.6 Å². The van der Waals surface area contributed by atoms with Gasteiger partial charge in [0.25, 0.3) is 0 Å². The highest BCUT2D eigenvalue weighted by atomic mass is 28.4. The summed E-state index contributed by atoms with van der Waals surface area (Å²) in [5, 5.41) is 0.0375. The third-order valence-corrected chi connectivity index (χ3v) is 11.1. The van der Waals surface area contributed by atoms with Crippen molar-refractivity contribution in [1.29, 1.82) is 0 Å². The number of ether oxygens (including phenoxy) is 2. The van der Waals surface area contributed by atoms with Crippen LogP contribution in [0.5, 0.6) is 5.88 Å². The van der Waals surface area contributed by atoms with E-state index < -0.39 is 31.5 Å². The highest BCUT2D eigenvalue weighted by molar-refractivity contribution is 6.74. The molecule has 7 nitrogen and oxygen atoms in total. The van der Waals surface area contributed by atoms with Crippen molar-refractivity contribution in [2.45, 2.75) is 97.1 Å². The minimum absolute atomic E-state index is 0.0375. The molecule has 0 bridgehead atoms. The first-order valence-corrected chi connectivity index (χ1v) is 14.5. The normalized spacial score (nSPS) is 18.3. The molecule has 0 unspecified atom stereocenters. The lowest BCUT2D eigenvalue weighted by Gasteiger charge is -2.43. The number of piperidine rings is 1. The number of likely N-dealkylation sites (tertiary alicyclic amines) is 1. The molecule has 186 valence electrons. The highest BCUT2D eigenvalue weighted by Gasteiger charge is 2.43. The minimum atomic E-state index is -2.10. The number of aromatic nitrogens is 1. The average molecular weight is 479 g/mol. The number of hydrogen-bond donors (Lipinski definition) is 0. The number of carbonyl (C=O) groups is 2. The summed E-state index contributed by atoms with van der Waals surface area (Å²) < 4.78 is 17.8. The molecule has 0 saturated carbocycles. The lowest BCUT2D eigenvalue weighted by atomic mass is 9.88. The van der Waals surface area contributed by atoms with Gasteiger partial charge in [-0.1, -0.05) is 20.8 Å². The number of hydrogen-bond acceptors (Lipinski definition) is 6. The molecule has 2 rings (SSSR count). The molecule has 0 aliphatic carbocycles. The number of nitrogens with zero attached hydrogens (tertiary/aromatic N) is 2. The minimum Gasteiger partial charge on any atom is -0.481 e. The molecular weight excluding hydrogens is 436 g/mol. The average Bonchev–Trinajstić information content (AvgIpc) is 2.64. The lowest BCUT2D eigenvalue weighted by Crippen LogP contribution is -2.46. The van der Waals surface area contributed by atoms with Gasteiger partial charge >= 0.3 is 6.09 Å². The smallest absolute Gasteiger partial charge is 0.410 e. The van der Waals surface area contributed by atoms with E-state index in [0.29, 0.717) is 12.4 Å². The van der Waals surface area contributed by atoms with Gasteiger partial charge in [0.1, 0.15) is 11.4 Å². The van der Waals surface area contributed by atoms with Crippen molar-refractivity contribution in [1.82, 2.24) is 9.88 Å². The van der Waals surface area contributed by atoms with Crippen molar-refractivity contribution in [2.24, 2.45) is 0 Å². The van der Waals surface area contributed by atoms with E-state index in [4.69, 9.17) is 13.9 Å². The Kier molecular flexibility index (Phi) is 7.76. The van der Waals surface area contributed by atoms with Gasteiger partial charge in [-0.05, 0) is 64.4 Å². The first kappa shape index (κ1) is 27.3. The molecule has 1 amide bonds.